The first-order valence-electron chi connectivity index (χ1n) is 9.71. The van der Waals surface area contributed by atoms with Crippen LogP contribution in [0, 0.1) is 0 Å². The highest BCUT2D eigenvalue weighted by molar-refractivity contribution is 5.37. The first kappa shape index (κ1) is 18.4. The summed E-state index contributed by atoms with van der Waals surface area (Å²) in [7, 11) is 1.69. The lowest BCUT2D eigenvalue weighted by Gasteiger charge is -2.46. The lowest BCUT2D eigenvalue weighted by Crippen LogP contribution is -2.55. The van der Waals surface area contributed by atoms with E-state index < -0.39 is 0 Å². The fourth-order valence-electron chi connectivity index (χ4n) is 4.28. The third-order valence-corrected chi connectivity index (χ3v) is 5.87. The van der Waals surface area contributed by atoms with Gasteiger partial charge >= 0.3 is 0 Å². The maximum absolute atomic E-state index is 10.4. The van der Waals surface area contributed by atoms with Crippen LogP contribution in [0.4, 0.5) is 0 Å². The quantitative estimate of drug-likeness (QED) is 0.863. The molecule has 1 atom stereocenters. The molecule has 1 spiro atoms. The second-order valence-electron chi connectivity index (χ2n) is 7.59. The van der Waals surface area contributed by atoms with Crippen LogP contribution in [0.25, 0.3) is 0 Å². The zero-order valence-corrected chi connectivity index (χ0v) is 15.9. The Morgan fingerprint density at radius 3 is 2.85 bits per heavy atom. The number of likely N-dealkylation sites (tertiary alicyclic amines) is 1. The number of aromatic nitrogens is 3. The number of piperidine rings is 1. The summed E-state index contributed by atoms with van der Waals surface area (Å²) in [5.41, 5.74) is 2.04. The number of nitrogens with zero attached hydrogens (tertiary/aromatic N) is 4. The van der Waals surface area contributed by atoms with Crippen LogP contribution in [0.3, 0.4) is 0 Å². The molecule has 0 saturated carbocycles. The van der Waals surface area contributed by atoms with E-state index in [4.69, 9.17) is 9.47 Å². The van der Waals surface area contributed by atoms with Gasteiger partial charge in [0, 0.05) is 31.8 Å². The first-order valence-corrected chi connectivity index (χ1v) is 9.71. The Balaban J connectivity index is 1.41. The summed E-state index contributed by atoms with van der Waals surface area (Å²) in [4.78, 5) is 6.45. The van der Waals surface area contributed by atoms with Gasteiger partial charge in [-0.1, -0.05) is 6.07 Å². The standard InChI is InChI=1S/C20H28N4O3/c1-26-18-5-4-16(11-17(18)13-24-15-21-14-22-24)12-23-8-6-20(7-9-23)19(25)3-2-10-27-20/h4-5,11,14-15,19,25H,2-3,6-10,12-13H2,1H3. The second kappa shape index (κ2) is 7.96. The molecule has 1 N–H and O–H groups in total. The van der Waals surface area contributed by atoms with Crippen LogP contribution in [0.2, 0.25) is 0 Å². The predicted molar refractivity (Wildman–Crippen MR) is 101 cm³/mol. The molecule has 7 nitrogen and oxygen atoms in total. The van der Waals surface area contributed by atoms with Gasteiger partial charge in [-0.15, -0.1) is 0 Å². The van der Waals surface area contributed by atoms with E-state index in [1.165, 1.54) is 5.56 Å². The number of hydrogen-bond acceptors (Lipinski definition) is 6. The van der Waals surface area contributed by atoms with E-state index in [0.717, 1.165) is 63.2 Å². The van der Waals surface area contributed by atoms with Gasteiger partial charge in [0.05, 0.1) is 25.4 Å². The fourth-order valence-corrected chi connectivity index (χ4v) is 4.28. The Kier molecular flexibility index (Phi) is 5.43. The van der Waals surface area contributed by atoms with Crippen molar-refractivity contribution < 1.29 is 14.6 Å². The molecule has 0 amide bonds. The highest BCUT2D eigenvalue weighted by Crippen LogP contribution is 2.35. The first-order chi connectivity index (χ1) is 13.2. The van der Waals surface area contributed by atoms with E-state index in [-0.39, 0.29) is 11.7 Å². The third-order valence-electron chi connectivity index (χ3n) is 5.87. The van der Waals surface area contributed by atoms with E-state index in [9.17, 15) is 5.11 Å². The van der Waals surface area contributed by atoms with Gasteiger partial charge in [-0.25, -0.2) is 9.67 Å². The van der Waals surface area contributed by atoms with Crippen molar-refractivity contribution in [3.05, 3.63) is 42.0 Å². The van der Waals surface area contributed by atoms with E-state index >= 15 is 0 Å². The molecule has 2 aliphatic heterocycles. The molecule has 2 fully saturated rings. The number of aliphatic hydroxyl groups is 1. The molecule has 2 saturated heterocycles. The van der Waals surface area contributed by atoms with Crippen LogP contribution in [0.15, 0.2) is 30.9 Å². The maximum atomic E-state index is 10.4. The maximum Gasteiger partial charge on any atom is 0.137 e. The molecular weight excluding hydrogens is 344 g/mol. The summed E-state index contributed by atoms with van der Waals surface area (Å²) < 4.78 is 13.3. The Morgan fingerprint density at radius 2 is 2.15 bits per heavy atom. The zero-order chi connectivity index (χ0) is 18.7. The zero-order valence-electron chi connectivity index (χ0n) is 15.9. The molecule has 0 bridgehead atoms. The molecule has 7 heteroatoms. The monoisotopic (exact) mass is 372 g/mol. The van der Waals surface area contributed by atoms with Gasteiger partial charge in [-0.2, -0.15) is 5.10 Å². The predicted octanol–water partition coefficient (Wildman–Crippen LogP) is 1.84. The summed E-state index contributed by atoms with van der Waals surface area (Å²) >= 11 is 0. The molecule has 146 valence electrons. The van der Waals surface area contributed by atoms with Crippen LogP contribution < -0.4 is 4.74 Å². The van der Waals surface area contributed by atoms with Gasteiger partial charge in [-0.3, -0.25) is 4.90 Å². The third kappa shape index (κ3) is 4.00. The van der Waals surface area contributed by atoms with Crippen molar-refractivity contribution in [1.29, 1.82) is 0 Å². The topological polar surface area (TPSA) is 72.6 Å². The fraction of sp³-hybridized carbons (Fsp3) is 0.600. The summed E-state index contributed by atoms with van der Waals surface area (Å²) in [6, 6.07) is 6.35. The number of methoxy groups -OCH3 is 1. The molecule has 4 rings (SSSR count). The van der Waals surface area contributed by atoms with Crippen LogP contribution in [-0.2, 0) is 17.8 Å². The van der Waals surface area contributed by atoms with Gasteiger partial charge < -0.3 is 14.6 Å². The molecule has 2 aromatic rings. The van der Waals surface area contributed by atoms with Gasteiger partial charge in [0.15, 0.2) is 0 Å². The normalized spacial score (nSPS) is 22.8. The highest BCUT2D eigenvalue weighted by atomic mass is 16.5. The van der Waals surface area contributed by atoms with Crippen molar-refractivity contribution >= 4 is 0 Å². The number of benzene rings is 1. The van der Waals surface area contributed by atoms with Crippen LogP contribution in [-0.4, -0.2) is 63.3 Å². The molecule has 1 unspecified atom stereocenters. The van der Waals surface area contributed by atoms with E-state index in [0.29, 0.717) is 6.54 Å². The number of aliphatic hydroxyl groups excluding tert-OH is 1. The lowest BCUT2D eigenvalue weighted by atomic mass is 9.82. The van der Waals surface area contributed by atoms with Gasteiger partial charge in [-0.05, 0) is 43.4 Å². The molecule has 3 heterocycles. The van der Waals surface area contributed by atoms with Crippen molar-refractivity contribution in [1.82, 2.24) is 19.7 Å². The van der Waals surface area contributed by atoms with Crippen molar-refractivity contribution in [3.8, 4) is 5.75 Å². The number of rotatable bonds is 5. The average Bonchev–Trinajstić information content (AvgIpc) is 3.19. The summed E-state index contributed by atoms with van der Waals surface area (Å²) in [6.45, 7) is 4.20. The average molecular weight is 372 g/mol. The SMILES string of the molecule is COc1ccc(CN2CCC3(CC2)OCCCC3O)cc1Cn1cncn1. The summed E-state index contributed by atoms with van der Waals surface area (Å²) in [5, 5.41) is 14.6. The Morgan fingerprint density at radius 1 is 1.30 bits per heavy atom. The molecule has 2 aliphatic rings. The molecular formula is C20H28N4O3. The van der Waals surface area contributed by atoms with Gasteiger partial charge in [0.2, 0.25) is 0 Å². The minimum Gasteiger partial charge on any atom is -0.496 e. The van der Waals surface area contributed by atoms with Gasteiger partial charge in [0.1, 0.15) is 18.4 Å². The number of hydrogen-bond donors (Lipinski definition) is 1. The Hall–Kier alpha value is -1.96. The molecule has 27 heavy (non-hydrogen) atoms. The summed E-state index contributed by atoms with van der Waals surface area (Å²) in [6.07, 6.45) is 6.57. The van der Waals surface area contributed by atoms with Crippen molar-refractivity contribution in [2.45, 2.75) is 50.5 Å². The highest BCUT2D eigenvalue weighted by Gasteiger charge is 2.43. The Labute approximate surface area is 159 Å². The van der Waals surface area contributed by atoms with Crippen LogP contribution >= 0.6 is 0 Å². The molecule has 1 aromatic carbocycles. The van der Waals surface area contributed by atoms with E-state index in [2.05, 4.69) is 27.1 Å². The van der Waals surface area contributed by atoms with Crippen LogP contribution in [0.1, 0.15) is 36.8 Å². The minimum atomic E-state index is -0.316. The largest absolute Gasteiger partial charge is 0.496 e. The van der Waals surface area contributed by atoms with E-state index in [1.54, 1.807) is 24.4 Å². The van der Waals surface area contributed by atoms with Crippen LogP contribution in [0.5, 0.6) is 5.75 Å². The van der Waals surface area contributed by atoms with Crippen molar-refractivity contribution in [3.63, 3.8) is 0 Å². The minimum absolute atomic E-state index is 0.313. The Bertz CT molecular complexity index is 742. The lowest BCUT2D eigenvalue weighted by molar-refractivity contribution is -0.177. The smallest absolute Gasteiger partial charge is 0.137 e. The number of ether oxygens (including phenoxy) is 2. The van der Waals surface area contributed by atoms with E-state index in [1.807, 2.05) is 6.07 Å². The molecule has 1 aromatic heterocycles. The molecule has 0 aliphatic carbocycles. The molecule has 0 radical (unpaired) electrons. The van der Waals surface area contributed by atoms with Crippen molar-refractivity contribution in [2.75, 3.05) is 26.8 Å². The van der Waals surface area contributed by atoms with Crippen molar-refractivity contribution in [2.24, 2.45) is 0 Å². The summed E-state index contributed by atoms with van der Waals surface area (Å²) in [5.74, 6) is 0.866. The van der Waals surface area contributed by atoms with Gasteiger partial charge in [0.25, 0.3) is 0 Å². The second-order valence-corrected chi connectivity index (χ2v) is 7.59.